The van der Waals surface area contributed by atoms with E-state index in [2.05, 4.69) is 5.10 Å². The maximum Gasteiger partial charge on any atom is 0.274 e. The zero-order chi connectivity index (χ0) is 16.9. The normalized spacial score (nSPS) is 10.6. The minimum atomic E-state index is -0.126. The van der Waals surface area contributed by atoms with E-state index in [-0.39, 0.29) is 5.91 Å². The maximum absolute atomic E-state index is 12.7. The monoisotopic (exact) mass is 341 g/mol. The van der Waals surface area contributed by atoms with E-state index < -0.39 is 0 Å². The van der Waals surface area contributed by atoms with Gasteiger partial charge in [-0.1, -0.05) is 24.3 Å². The van der Waals surface area contributed by atoms with Gasteiger partial charge in [0.25, 0.3) is 5.91 Å². The summed E-state index contributed by atoms with van der Waals surface area (Å²) in [6, 6.07) is 15.4. The first-order chi connectivity index (χ1) is 11.7. The molecule has 3 aromatic rings. The summed E-state index contributed by atoms with van der Waals surface area (Å²) in [5.41, 5.74) is 1.24. The Morgan fingerprint density at radius 2 is 2.04 bits per heavy atom. The van der Waals surface area contributed by atoms with Crippen LogP contribution in [-0.2, 0) is 6.54 Å². The third-order valence-corrected chi connectivity index (χ3v) is 4.37. The summed E-state index contributed by atoms with van der Waals surface area (Å²) in [7, 11) is 1.78. The van der Waals surface area contributed by atoms with Crippen LogP contribution < -0.4 is 4.74 Å². The van der Waals surface area contributed by atoms with Crippen LogP contribution in [0.5, 0.6) is 5.88 Å². The molecule has 0 saturated carbocycles. The predicted octanol–water partition coefficient (Wildman–Crippen LogP) is 3.60. The second kappa shape index (κ2) is 7.31. The predicted molar refractivity (Wildman–Crippen MR) is 94.8 cm³/mol. The molecule has 0 unspecified atom stereocenters. The molecule has 0 aliphatic carbocycles. The van der Waals surface area contributed by atoms with Crippen LogP contribution in [0, 0.1) is 0 Å². The molecule has 3 rings (SSSR count). The number of thiophene rings is 1. The van der Waals surface area contributed by atoms with Gasteiger partial charge in [0.2, 0.25) is 5.88 Å². The zero-order valence-corrected chi connectivity index (χ0v) is 14.5. The van der Waals surface area contributed by atoms with Crippen LogP contribution in [0.25, 0.3) is 5.69 Å². The molecule has 0 fully saturated rings. The Bertz CT molecular complexity index is 797. The molecule has 0 bridgehead atoms. The van der Waals surface area contributed by atoms with E-state index >= 15 is 0 Å². The van der Waals surface area contributed by atoms with Crippen molar-refractivity contribution in [3.05, 3.63) is 64.5 Å². The SMILES string of the molecule is CCOc1cc(C(=O)N(C)Cc2cccs2)nn1-c1ccccc1. The minimum Gasteiger partial charge on any atom is -0.478 e. The molecule has 124 valence electrons. The molecular weight excluding hydrogens is 322 g/mol. The second-order valence-corrected chi connectivity index (χ2v) is 6.32. The molecule has 5 nitrogen and oxygen atoms in total. The average Bonchev–Trinajstić information content (AvgIpc) is 3.25. The Morgan fingerprint density at radius 3 is 2.71 bits per heavy atom. The smallest absolute Gasteiger partial charge is 0.274 e. The maximum atomic E-state index is 12.7. The Morgan fingerprint density at radius 1 is 1.25 bits per heavy atom. The number of carbonyl (C=O) groups excluding carboxylic acids is 1. The van der Waals surface area contributed by atoms with Gasteiger partial charge in [-0.2, -0.15) is 5.10 Å². The number of amides is 1. The van der Waals surface area contributed by atoms with Gasteiger partial charge in [-0.3, -0.25) is 4.79 Å². The van der Waals surface area contributed by atoms with Gasteiger partial charge in [-0.15, -0.1) is 11.3 Å². The molecule has 0 aliphatic rings. The minimum absolute atomic E-state index is 0.126. The topological polar surface area (TPSA) is 47.4 Å². The number of hydrogen-bond donors (Lipinski definition) is 0. The summed E-state index contributed by atoms with van der Waals surface area (Å²) in [4.78, 5) is 15.5. The van der Waals surface area contributed by atoms with Crippen molar-refractivity contribution in [3.63, 3.8) is 0 Å². The molecule has 1 aromatic carbocycles. The number of para-hydroxylation sites is 1. The third-order valence-electron chi connectivity index (χ3n) is 3.51. The Labute approximate surface area is 145 Å². The first kappa shape index (κ1) is 16.3. The number of rotatable bonds is 6. The van der Waals surface area contributed by atoms with Crippen LogP contribution in [0.2, 0.25) is 0 Å². The van der Waals surface area contributed by atoms with E-state index in [1.54, 1.807) is 34.0 Å². The number of aromatic nitrogens is 2. The summed E-state index contributed by atoms with van der Waals surface area (Å²) in [6.07, 6.45) is 0. The van der Waals surface area contributed by atoms with Crippen LogP contribution in [0.15, 0.2) is 53.9 Å². The molecule has 0 spiro atoms. The van der Waals surface area contributed by atoms with Crippen LogP contribution in [0.3, 0.4) is 0 Å². The summed E-state index contributed by atoms with van der Waals surface area (Å²) < 4.78 is 7.30. The van der Waals surface area contributed by atoms with E-state index in [1.807, 2.05) is 54.8 Å². The van der Waals surface area contributed by atoms with Crippen molar-refractivity contribution in [2.24, 2.45) is 0 Å². The van der Waals surface area contributed by atoms with Crippen molar-refractivity contribution in [2.45, 2.75) is 13.5 Å². The molecule has 0 radical (unpaired) electrons. The second-order valence-electron chi connectivity index (χ2n) is 5.29. The molecule has 6 heteroatoms. The standard InChI is InChI=1S/C18H19N3O2S/c1-3-23-17-12-16(19-21(17)14-8-5-4-6-9-14)18(22)20(2)13-15-10-7-11-24-15/h4-12H,3,13H2,1-2H3. The molecule has 0 aliphatic heterocycles. The van der Waals surface area contributed by atoms with Gasteiger partial charge in [0, 0.05) is 18.0 Å². The fourth-order valence-electron chi connectivity index (χ4n) is 2.38. The Hall–Kier alpha value is -2.60. The van der Waals surface area contributed by atoms with E-state index in [0.29, 0.717) is 24.7 Å². The van der Waals surface area contributed by atoms with Gasteiger partial charge in [0.05, 0.1) is 18.8 Å². The number of carbonyl (C=O) groups is 1. The van der Waals surface area contributed by atoms with Crippen molar-refractivity contribution in [2.75, 3.05) is 13.7 Å². The molecule has 1 amide bonds. The van der Waals surface area contributed by atoms with Crippen molar-refractivity contribution < 1.29 is 9.53 Å². The van der Waals surface area contributed by atoms with Crippen LogP contribution in [-0.4, -0.2) is 34.2 Å². The van der Waals surface area contributed by atoms with Crippen molar-refractivity contribution in [1.82, 2.24) is 14.7 Å². The summed E-state index contributed by atoms with van der Waals surface area (Å²) in [6.45, 7) is 2.99. The highest BCUT2D eigenvalue weighted by Crippen LogP contribution is 2.21. The van der Waals surface area contributed by atoms with Gasteiger partial charge in [0.1, 0.15) is 0 Å². The third kappa shape index (κ3) is 3.49. The van der Waals surface area contributed by atoms with Crippen molar-refractivity contribution in [1.29, 1.82) is 0 Å². The molecule has 2 heterocycles. The van der Waals surface area contributed by atoms with Crippen molar-refractivity contribution >= 4 is 17.2 Å². The van der Waals surface area contributed by atoms with Crippen LogP contribution >= 0.6 is 11.3 Å². The highest BCUT2D eigenvalue weighted by atomic mass is 32.1. The largest absolute Gasteiger partial charge is 0.478 e. The Kier molecular flexibility index (Phi) is 4.96. The summed E-state index contributed by atoms with van der Waals surface area (Å²) in [5, 5.41) is 6.46. The van der Waals surface area contributed by atoms with Gasteiger partial charge < -0.3 is 9.64 Å². The molecule has 2 aromatic heterocycles. The number of benzene rings is 1. The fourth-order valence-corrected chi connectivity index (χ4v) is 3.13. The lowest BCUT2D eigenvalue weighted by atomic mass is 10.3. The quantitative estimate of drug-likeness (QED) is 0.688. The van der Waals surface area contributed by atoms with E-state index in [9.17, 15) is 4.79 Å². The van der Waals surface area contributed by atoms with E-state index in [4.69, 9.17) is 4.74 Å². The summed E-state index contributed by atoms with van der Waals surface area (Å²) in [5.74, 6) is 0.440. The van der Waals surface area contributed by atoms with E-state index in [0.717, 1.165) is 10.6 Å². The van der Waals surface area contributed by atoms with Crippen LogP contribution in [0.4, 0.5) is 0 Å². The first-order valence-corrected chi connectivity index (χ1v) is 8.63. The molecule has 0 N–H and O–H groups in total. The molecular formula is C18H19N3O2S. The van der Waals surface area contributed by atoms with Crippen molar-refractivity contribution in [3.8, 4) is 11.6 Å². The highest BCUT2D eigenvalue weighted by molar-refractivity contribution is 7.09. The van der Waals surface area contributed by atoms with Crippen LogP contribution in [0.1, 0.15) is 22.3 Å². The number of nitrogens with zero attached hydrogens (tertiary/aromatic N) is 3. The van der Waals surface area contributed by atoms with Gasteiger partial charge in [-0.05, 0) is 30.5 Å². The first-order valence-electron chi connectivity index (χ1n) is 7.75. The summed E-state index contributed by atoms with van der Waals surface area (Å²) >= 11 is 1.63. The van der Waals surface area contributed by atoms with Gasteiger partial charge in [-0.25, -0.2) is 4.68 Å². The molecule has 0 saturated heterocycles. The molecule has 24 heavy (non-hydrogen) atoms. The lowest BCUT2D eigenvalue weighted by Gasteiger charge is -2.14. The number of ether oxygens (including phenoxy) is 1. The van der Waals surface area contributed by atoms with Gasteiger partial charge in [0.15, 0.2) is 5.69 Å². The van der Waals surface area contributed by atoms with Gasteiger partial charge >= 0.3 is 0 Å². The fraction of sp³-hybridized carbons (Fsp3) is 0.222. The van der Waals surface area contributed by atoms with E-state index in [1.165, 1.54) is 0 Å². The Balaban J connectivity index is 1.86. The zero-order valence-electron chi connectivity index (χ0n) is 13.7. The highest BCUT2D eigenvalue weighted by Gasteiger charge is 2.19. The average molecular weight is 341 g/mol. The lowest BCUT2D eigenvalue weighted by molar-refractivity contribution is 0.0780. The molecule has 0 atom stereocenters. The number of hydrogen-bond acceptors (Lipinski definition) is 4. The lowest BCUT2D eigenvalue weighted by Crippen LogP contribution is -2.26.